The Morgan fingerprint density at radius 3 is 2.71 bits per heavy atom. The lowest BCUT2D eigenvalue weighted by molar-refractivity contribution is -0.195. The molecule has 3 fully saturated rings. The van der Waals surface area contributed by atoms with Crippen LogP contribution in [0.4, 0.5) is 8.78 Å². The third-order valence-electron chi connectivity index (χ3n) is 7.70. The Kier molecular flexibility index (Phi) is 4.90. The highest BCUT2D eigenvalue weighted by Crippen LogP contribution is 2.73. The van der Waals surface area contributed by atoms with Gasteiger partial charge in [0.15, 0.2) is 11.9 Å². The van der Waals surface area contributed by atoms with Crippen molar-refractivity contribution in [3.05, 3.63) is 65.3 Å². The van der Waals surface area contributed by atoms with Crippen LogP contribution in [0.25, 0.3) is 11.3 Å². The SMILES string of the molecule is CC(F)(F)c1ccc(-c2cn(C34CC(CC(=O)[C@@H]5C[C@@H](O)c6cc(Cl)ccc6O5)(C3)C4)cn2)cn1. The molecule has 9 heteroatoms. The van der Waals surface area contributed by atoms with Crippen LogP contribution in [0.3, 0.4) is 0 Å². The van der Waals surface area contributed by atoms with Gasteiger partial charge in [-0.25, -0.2) is 4.98 Å². The van der Waals surface area contributed by atoms with Crippen LogP contribution in [0.2, 0.25) is 5.02 Å². The normalized spacial score (nSPS) is 28.9. The maximum atomic E-state index is 13.4. The van der Waals surface area contributed by atoms with Gasteiger partial charge < -0.3 is 14.4 Å². The second kappa shape index (κ2) is 7.58. The summed E-state index contributed by atoms with van der Waals surface area (Å²) in [5.74, 6) is -2.45. The zero-order valence-corrected chi connectivity index (χ0v) is 19.8. The molecular weight excluding hydrogens is 476 g/mol. The molecule has 2 atom stereocenters. The van der Waals surface area contributed by atoms with E-state index >= 15 is 0 Å². The molecule has 7 rings (SSSR count). The number of fused-ring (bicyclic) bond motifs is 1. The van der Waals surface area contributed by atoms with Gasteiger partial charge in [-0.2, -0.15) is 8.78 Å². The predicted molar refractivity (Wildman–Crippen MR) is 124 cm³/mol. The number of aliphatic hydroxyl groups excluding tert-OH is 1. The van der Waals surface area contributed by atoms with Crippen molar-refractivity contribution in [3.8, 4) is 17.0 Å². The molecule has 4 aliphatic rings. The van der Waals surface area contributed by atoms with Crippen LogP contribution in [0, 0.1) is 5.41 Å². The number of halogens is 3. The average Bonchev–Trinajstić information content (AvgIpc) is 3.25. The van der Waals surface area contributed by atoms with E-state index in [9.17, 15) is 18.7 Å². The van der Waals surface area contributed by atoms with Crippen LogP contribution in [0.5, 0.6) is 5.75 Å². The molecule has 1 aliphatic heterocycles. The maximum Gasteiger partial charge on any atom is 0.286 e. The predicted octanol–water partition coefficient (Wildman–Crippen LogP) is 5.43. The third-order valence-corrected chi connectivity index (χ3v) is 7.93. The number of ketones is 1. The van der Waals surface area contributed by atoms with Gasteiger partial charge in [0.1, 0.15) is 11.4 Å². The lowest BCUT2D eigenvalue weighted by atomic mass is 9.38. The second-order valence-electron chi connectivity index (χ2n) is 10.4. The summed E-state index contributed by atoms with van der Waals surface area (Å²) in [5, 5.41) is 11.0. The minimum Gasteiger partial charge on any atom is -0.482 e. The molecule has 182 valence electrons. The Labute approximate surface area is 205 Å². The summed E-state index contributed by atoms with van der Waals surface area (Å²) in [4.78, 5) is 21.4. The Morgan fingerprint density at radius 1 is 1.26 bits per heavy atom. The molecule has 1 N–H and O–H groups in total. The molecule has 0 unspecified atom stereocenters. The fourth-order valence-electron chi connectivity index (χ4n) is 6.04. The highest BCUT2D eigenvalue weighted by atomic mass is 35.5. The van der Waals surface area contributed by atoms with E-state index in [1.807, 2.05) is 6.20 Å². The van der Waals surface area contributed by atoms with Crippen molar-refractivity contribution in [2.24, 2.45) is 5.41 Å². The molecule has 3 saturated carbocycles. The summed E-state index contributed by atoms with van der Waals surface area (Å²) < 4.78 is 34.8. The summed E-state index contributed by atoms with van der Waals surface area (Å²) in [6.45, 7) is 0.824. The highest BCUT2D eigenvalue weighted by molar-refractivity contribution is 6.30. The van der Waals surface area contributed by atoms with Gasteiger partial charge in [0, 0.05) is 53.8 Å². The van der Waals surface area contributed by atoms with Crippen LogP contribution in [-0.4, -0.2) is 31.5 Å². The van der Waals surface area contributed by atoms with Gasteiger partial charge >= 0.3 is 0 Å². The number of imidazole rings is 1. The lowest BCUT2D eigenvalue weighted by Gasteiger charge is -2.71. The summed E-state index contributed by atoms with van der Waals surface area (Å²) in [6.07, 6.45) is 6.97. The number of aliphatic hydroxyl groups is 1. The number of ether oxygens (including phenoxy) is 1. The van der Waals surface area contributed by atoms with Crippen molar-refractivity contribution in [3.63, 3.8) is 0 Å². The number of rotatable bonds is 6. The average molecular weight is 500 g/mol. The van der Waals surface area contributed by atoms with E-state index in [4.69, 9.17) is 16.3 Å². The van der Waals surface area contributed by atoms with Crippen molar-refractivity contribution in [2.45, 2.75) is 62.7 Å². The summed E-state index contributed by atoms with van der Waals surface area (Å²) in [7, 11) is 0. The zero-order chi connectivity index (χ0) is 24.6. The number of hydrogen-bond acceptors (Lipinski definition) is 5. The quantitative estimate of drug-likeness (QED) is 0.489. The van der Waals surface area contributed by atoms with Crippen LogP contribution in [0.15, 0.2) is 49.1 Å². The largest absolute Gasteiger partial charge is 0.482 e. The Hall–Kier alpha value is -2.84. The number of nitrogens with zero attached hydrogens (tertiary/aromatic N) is 3. The van der Waals surface area contributed by atoms with E-state index < -0.39 is 18.1 Å². The summed E-state index contributed by atoms with van der Waals surface area (Å²) in [6, 6.07) is 8.00. The van der Waals surface area contributed by atoms with Crippen LogP contribution in [0.1, 0.15) is 56.4 Å². The molecule has 0 saturated heterocycles. The number of hydrogen-bond donors (Lipinski definition) is 1. The fourth-order valence-corrected chi connectivity index (χ4v) is 6.22. The molecule has 6 nitrogen and oxygen atoms in total. The molecule has 3 aromatic rings. The van der Waals surface area contributed by atoms with E-state index in [1.54, 1.807) is 30.6 Å². The van der Waals surface area contributed by atoms with Crippen LogP contribution < -0.4 is 4.74 Å². The first-order valence-electron chi connectivity index (χ1n) is 11.6. The van der Waals surface area contributed by atoms with Gasteiger partial charge in [-0.05, 0) is 55.0 Å². The number of aromatic nitrogens is 3. The molecule has 2 bridgehead atoms. The van der Waals surface area contributed by atoms with E-state index in [2.05, 4.69) is 14.5 Å². The molecule has 35 heavy (non-hydrogen) atoms. The van der Waals surface area contributed by atoms with Gasteiger partial charge in [-0.15, -0.1) is 0 Å². The molecule has 0 radical (unpaired) electrons. The van der Waals surface area contributed by atoms with Gasteiger partial charge in [0.05, 0.1) is 18.1 Å². The van der Waals surface area contributed by atoms with E-state index in [0.29, 0.717) is 34.0 Å². The molecule has 0 amide bonds. The number of pyridine rings is 1. The van der Waals surface area contributed by atoms with Gasteiger partial charge in [0.25, 0.3) is 5.92 Å². The number of alkyl halides is 2. The molecule has 1 aromatic carbocycles. The Balaban J connectivity index is 1.09. The Morgan fingerprint density at radius 2 is 2.03 bits per heavy atom. The van der Waals surface area contributed by atoms with Gasteiger partial charge in [-0.1, -0.05) is 11.6 Å². The zero-order valence-electron chi connectivity index (χ0n) is 19.0. The minimum atomic E-state index is -2.98. The van der Waals surface area contributed by atoms with Gasteiger partial charge in [-0.3, -0.25) is 9.78 Å². The number of carbonyl (C=O) groups is 1. The smallest absolute Gasteiger partial charge is 0.286 e. The molecule has 0 spiro atoms. The molecule has 2 aromatic heterocycles. The van der Waals surface area contributed by atoms with Crippen LogP contribution >= 0.6 is 11.6 Å². The maximum absolute atomic E-state index is 13.4. The van der Waals surface area contributed by atoms with Crippen molar-refractivity contribution < 1.29 is 23.4 Å². The van der Waals surface area contributed by atoms with Crippen molar-refractivity contribution in [1.29, 1.82) is 0 Å². The van der Waals surface area contributed by atoms with Crippen molar-refractivity contribution >= 4 is 17.4 Å². The summed E-state index contributed by atoms with van der Waals surface area (Å²) >= 11 is 6.01. The van der Waals surface area contributed by atoms with Crippen molar-refractivity contribution in [1.82, 2.24) is 14.5 Å². The van der Waals surface area contributed by atoms with Crippen molar-refractivity contribution in [2.75, 3.05) is 0 Å². The monoisotopic (exact) mass is 499 g/mol. The molecular formula is C26H24ClF2N3O3. The van der Waals surface area contributed by atoms with E-state index in [0.717, 1.165) is 26.2 Å². The number of Topliss-reactive ketones (excluding diaryl/α,β-unsaturated/α-hetero) is 1. The third kappa shape index (κ3) is 3.74. The molecule has 3 aliphatic carbocycles. The first kappa shape index (κ1) is 22.6. The minimum absolute atomic E-state index is 0.0168. The number of carbonyl (C=O) groups excluding carboxylic acids is 1. The van der Waals surface area contributed by atoms with E-state index in [-0.39, 0.29) is 28.9 Å². The molecule has 3 heterocycles. The first-order valence-corrected chi connectivity index (χ1v) is 12.0. The van der Waals surface area contributed by atoms with Crippen LogP contribution in [-0.2, 0) is 16.3 Å². The Bertz CT molecular complexity index is 1300. The standard InChI is InChI=1S/C26H24ClF2N3O3/c1-24(28,29)23-5-2-15(9-30-23)18-10-32(14-31-18)26-11-25(12-26,13-26)8-20(34)22-7-19(33)17-6-16(27)3-4-21(17)35-22/h2-6,9-10,14,19,22,33H,7-8,11-13H2,1H3/t19-,22+,25?,26?/m1/s1. The van der Waals surface area contributed by atoms with Gasteiger partial charge in [0.2, 0.25) is 0 Å². The first-order chi connectivity index (χ1) is 16.6. The fraction of sp³-hybridized carbons (Fsp3) is 0.423. The summed E-state index contributed by atoms with van der Waals surface area (Å²) in [5.41, 5.74) is 1.63. The lowest BCUT2D eigenvalue weighted by Crippen LogP contribution is -2.68. The van der Waals surface area contributed by atoms with E-state index in [1.165, 1.54) is 12.3 Å². The number of benzene rings is 1. The second-order valence-corrected chi connectivity index (χ2v) is 10.9. The topological polar surface area (TPSA) is 77.2 Å². The highest BCUT2D eigenvalue weighted by Gasteiger charge is 2.69.